The molecule has 0 saturated carbocycles. The van der Waals surface area contributed by atoms with Crippen LogP contribution in [0.5, 0.6) is 0 Å². The lowest BCUT2D eigenvalue weighted by Crippen LogP contribution is -2.45. The summed E-state index contributed by atoms with van der Waals surface area (Å²) in [5, 5.41) is 3.48. The zero-order valence-corrected chi connectivity index (χ0v) is 22.7. The normalized spacial score (nSPS) is 16.8. The molecule has 0 bridgehead atoms. The molecule has 0 saturated heterocycles. The van der Waals surface area contributed by atoms with Gasteiger partial charge in [-0.25, -0.2) is 9.97 Å². The summed E-state index contributed by atoms with van der Waals surface area (Å²) < 4.78 is 11.9. The Labute approximate surface area is 216 Å². The number of likely N-dealkylation sites (N-methyl/N-ethyl adjacent to an activating group) is 1. The van der Waals surface area contributed by atoms with E-state index in [9.17, 15) is 0 Å². The van der Waals surface area contributed by atoms with E-state index in [1.807, 2.05) is 30.5 Å². The van der Waals surface area contributed by atoms with Gasteiger partial charge < -0.3 is 19.3 Å². The highest BCUT2D eigenvalue weighted by atomic mass is 16.7. The Bertz CT molecular complexity index is 1130. The highest BCUT2D eigenvalue weighted by molar-refractivity contribution is 5.59. The number of aromatic nitrogens is 2. The molecule has 1 aliphatic rings. The van der Waals surface area contributed by atoms with E-state index in [-0.39, 0.29) is 6.79 Å². The zero-order valence-electron chi connectivity index (χ0n) is 22.7. The van der Waals surface area contributed by atoms with Crippen LogP contribution >= 0.6 is 0 Å². The molecule has 0 fully saturated rings. The molecule has 0 radical (unpaired) electrons. The second-order valence-corrected chi connectivity index (χ2v) is 9.86. The van der Waals surface area contributed by atoms with E-state index < -0.39 is 0 Å². The van der Waals surface area contributed by atoms with Gasteiger partial charge in [0.25, 0.3) is 0 Å². The molecule has 2 aromatic rings. The molecule has 1 N–H and O–H groups in total. The average Bonchev–Trinajstić information content (AvgIpc) is 2.88. The van der Waals surface area contributed by atoms with Gasteiger partial charge in [-0.05, 0) is 49.1 Å². The molecule has 6 nitrogen and oxygen atoms in total. The summed E-state index contributed by atoms with van der Waals surface area (Å²) in [4.78, 5) is 9.21. The molecule has 6 heteroatoms. The van der Waals surface area contributed by atoms with Gasteiger partial charge in [-0.1, -0.05) is 49.4 Å². The standard InChI is InChI=1S/C30H41N4O2/c1-7-11-24(3)29(36-22-35-6)15-14-23(2)27-21-34(4,5)19-17-26(27)20-32-30-31-18-16-28(33-30)25-12-9-8-10-13-25/h8-16,18H,7,17,19-22H2,1-6H3,(H,31,32,33)/q+1/b23-14+,24-11+,29-15+. The van der Waals surface area contributed by atoms with E-state index in [0.29, 0.717) is 5.95 Å². The largest absolute Gasteiger partial charge is 0.467 e. The van der Waals surface area contributed by atoms with Gasteiger partial charge in [0.2, 0.25) is 5.95 Å². The van der Waals surface area contributed by atoms with Crippen molar-refractivity contribution in [1.82, 2.24) is 9.97 Å². The van der Waals surface area contributed by atoms with Crippen molar-refractivity contribution >= 4 is 5.95 Å². The van der Waals surface area contributed by atoms with E-state index in [0.717, 1.165) is 59.5 Å². The highest BCUT2D eigenvalue weighted by Gasteiger charge is 2.27. The summed E-state index contributed by atoms with van der Waals surface area (Å²) >= 11 is 0. The molecule has 0 amide bonds. The Kier molecular flexibility index (Phi) is 10.0. The molecule has 0 spiro atoms. The summed E-state index contributed by atoms with van der Waals surface area (Å²) in [5.74, 6) is 1.49. The van der Waals surface area contributed by atoms with Crippen LogP contribution in [-0.2, 0) is 9.47 Å². The summed E-state index contributed by atoms with van der Waals surface area (Å²) in [7, 11) is 6.23. The highest BCUT2D eigenvalue weighted by Crippen LogP contribution is 2.27. The number of benzene rings is 1. The molecule has 1 aromatic heterocycles. The topological polar surface area (TPSA) is 56.3 Å². The van der Waals surface area contributed by atoms with Crippen molar-refractivity contribution in [1.29, 1.82) is 0 Å². The first-order chi connectivity index (χ1) is 17.3. The lowest BCUT2D eigenvalue weighted by Gasteiger charge is -2.36. The zero-order chi connectivity index (χ0) is 26.0. The van der Waals surface area contributed by atoms with Crippen LogP contribution in [0.3, 0.4) is 0 Å². The van der Waals surface area contributed by atoms with Crippen LogP contribution in [0.15, 0.2) is 88.9 Å². The number of hydrogen-bond acceptors (Lipinski definition) is 5. The number of hydrogen-bond donors (Lipinski definition) is 1. The Morgan fingerprint density at radius 2 is 1.89 bits per heavy atom. The first kappa shape index (κ1) is 27.4. The minimum atomic E-state index is 0.234. The smallest absolute Gasteiger partial charge is 0.223 e. The van der Waals surface area contributed by atoms with Crippen LogP contribution in [0.1, 0.15) is 33.6 Å². The third-order valence-electron chi connectivity index (χ3n) is 6.41. The fourth-order valence-electron chi connectivity index (χ4n) is 4.33. The van der Waals surface area contributed by atoms with Crippen LogP contribution in [-0.4, -0.2) is 62.1 Å². The molecule has 3 rings (SSSR count). The minimum absolute atomic E-state index is 0.234. The van der Waals surface area contributed by atoms with E-state index in [4.69, 9.17) is 14.5 Å². The third kappa shape index (κ3) is 7.90. The van der Waals surface area contributed by atoms with E-state index >= 15 is 0 Å². The lowest BCUT2D eigenvalue weighted by molar-refractivity contribution is -0.887. The summed E-state index contributed by atoms with van der Waals surface area (Å²) in [6, 6.07) is 12.1. The van der Waals surface area contributed by atoms with Crippen molar-refractivity contribution in [3.05, 3.63) is 88.9 Å². The van der Waals surface area contributed by atoms with Crippen molar-refractivity contribution in [3.63, 3.8) is 0 Å². The van der Waals surface area contributed by atoms with Gasteiger partial charge in [-0.15, -0.1) is 0 Å². The number of nitrogens with zero attached hydrogens (tertiary/aromatic N) is 3. The van der Waals surface area contributed by atoms with Gasteiger partial charge >= 0.3 is 0 Å². The van der Waals surface area contributed by atoms with Crippen LogP contribution in [0, 0.1) is 0 Å². The molecule has 0 aliphatic carbocycles. The van der Waals surface area contributed by atoms with Crippen molar-refractivity contribution in [2.75, 3.05) is 52.9 Å². The number of quaternary nitrogens is 1. The second-order valence-electron chi connectivity index (χ2n) is 9.86. The van der Waals surface area contributed by atoms with Crippen LogP contribution in [0.25, 0.3) is 11.3 Å². The Hall–Kier alpha value is -3.22. The van der Waals surface area contributed by atoms with E-state index in [1.54, 1.807) is 7.11 Å². The van der Waals surface area contributed by atoms with Crippen LogP contribution in [0.2, 0.25) is 0 Å². The van der Waals surface area contributed by atoms with Crippen molar-refractivity contribution in [2.45, 2.75) is 33.6 Å². The summed E-state index contributed by atoms with van der Waals surface area (Å²) in [6.07, 6.45) is 10.2. The molecule has 0 atom stereocenters. The summed E-state index contributed by atoms with van der Waals surface area (Å²) in [6.45, 7) is 9.44. The second kappa shape index (κ2) is 13.2. The molecular weight excluding hydrogens is 448 g/mol. The minimum Gasteiger partial charge on any atom is -0.467 e. The van der Waals surface area contributed by atoms with Crippen molar-refractivity contribution < 1.29 is 14.0 Å². The first-order valence-electron chi connectivity index (χ1n) is 12.7. The molecular formula is C30H41N4O2+. The van der Waals surface area contributed by atoms with E-state index in [1.165, 1.54) is 16.7 Å². The fourth-order valence-corrected chi connectivity index (χ4v) is 4.33. The molecule has 0 unspecified atom stereocenters. The lowest BCUT2D eigenvalue weighted by atomic mass is 9.93. The average molecular weight is 490 g/mol. The summed E-state index contributed by atoms with van der Waals surface area (Å²) in [5.41, 5.74) is 7.16. The number of nitrogens with one attached hydrogen (secondary N) is 1. The Morgan fingerprint density at radius 1 is 1.11 bits per heavy atom. The molecule has 1 aromatic carbocycles. The van der Waals surface area contributed by atoms with Gasteiger partial charge in [0.15, 0.2) is 6.79 Å². The molecule has 36 heavy (non-hydrogen) atoms. The monoisotopic (exact) mass is 489 g/mol. The molecule has 1 aliphatic heterocycles. The van der Waals surface area contributed by atoms with Crippen molar-refractivity contribution in [2.24, 2.45) is 0 Å². The SMILES string of the molecule is CC/C=C(C)/C(=C\C=C(/C)C1=C(CNc2nccc(-c3ccccc3)n2)CC[N+](C)(C)C1)OCOC. The Morgan fingerprint density at radius 3 is 2.61 bits per heavy atom. The predicted molar refractivity (Wildman–Crippen MR) is 148 cm³/mol. The van der Waals surface area contributed by atoms with Crippen molar-refractivity contribution in [3.8, 4) is 11.3 Å². The van der Waals surface area contributed by atoms with Gasteiger partial charge in [0.1, 0.15) is 12.3 Å². The van der Waals surface area contributed by atoms with Gasteiger partial charge in [0, 0.05) is 37.4 Å². The third-order valence-corrected chi connectivity index (χ3v) is 6.41. The van der Waals surface area contributed by atoms with Crippen LogP contribution < -0.4 is 5.32 Å². The fraction of sp³-hybridized carbons (Fsp3) is 0.400. The molecule has 192 valence electrons. The van der Waals surface area contributed by atoms with E-state index in [2.05, 4.69) is 75.5 Å². The maximum Gasteiger partial charge on any atom is 0.223 e. The number of methoxy groups -OCH3 is 1. The maximum absolute atomic E-state index is 5.84. The quantitative estimate of drug-likeness (QED) is 0.178. The number of anilines is 1. The number of allylic oxidation sites excluding steroid dienone is 4. The molecule has 2 heterocycles. The van der Waals surface area contributed by atoms with Crippen LogP contribution in [0.4, 0.5) is 5.95 Å². The first-order valence-corrected chi connectivity index (χ1v) is 12.7. The van der Waals surface area contributed by atoms with Gasteiger partial charge in [-0.3, -0.25) is 0 Å². The maximum atomic E-state index is 5.84. The van der Waals surface area contributed by atoms with Gasteiger partial charge in [-0.2, -0.15) is 0 Å². The Balaban J connectivity index is 1.85. The van der Waals surface area contributed by atoms with Gasteiger partial charge in [0.05, 0.1) is 26.3 Å². The predicted octanol–water partition coefficient (Wildman–Crippen LogP) is 6.14. The number of rotatable bonds is 11. The number of ether oxygens (including phenoxy) is 2.